The molecule has 0 saturated carbocycles. The summed E-state index contributed by atoms with van der Waals surface area (Å²) in [6.07, 6.45) is 0.999. The zero-order chi connectivity index (χ0) is 16.1. The van der Waals surface area contributed by atoms with Crippen LogP contribution in [0.2, 0.25) is 0 Å². The molecule has 1 aromatic carbocycles. The minimum absolute atomic E-state index is 0.0157. The first-order chi connectivity index (χ1) is 10.5. The maximum absolute atomic E-state index is 12.9. The van der Waals surface area contributed by atoms with E-state index >= 15 is 0 Å². The van der Waals surface area contributed by atoms with Crippen LogP contribution in [0.15, 0.2) is 42.6 Å². The van der Waals surface area contributed by atoms with Gasteiger partial charge in [-0.1, -0.05) is 12.1 Å². The standard InChI is InChI=1S/C17H20F2N2O/c1-11(9-17(22)13-3-5-14(18)6-4-13)21-12(2)16-8-7-15(19)10-20-16/h3-8,10-12,17,21-22H,9H2,1-2H3. The first kappa shape index (κ1) is 16.5. The number of hydrogen-bond donors (Lipinski definition) is 2. The van der Waals surface area contributed by atoms with Gasteiger partial charge in [-0.3, -0.25) is 4.98 Å². The van der Waals surface area contributed by atoms with Crippen molar-refractivity contribution in [3.63, 3.8) is 0 Å². The molecule has 0 aliphatic rings. The van der Waals surface area contributed by atoms with Gasteiger partial charge in [0, 0.05) is 12.1 Å². The van der Waals surface area contributed by atoms with Crippen molar-refractivity contribution in [2.45, 2.75) is 38.5 Å². The molecule has 0 radical (unpaired) electrons. The second-order valence-electron chi connectivity index (χ2n) is 5.49. The lowest BCUT2D eigenvalue weighted by atomic mass is 10.0. The molecule has 0 fully saturated rings. The molecule has 0 aliphatic carbocycles. The van der Waals surface area contributed by atoms with E-state index < -0.39 is 6.10 Å². The molecule has 2 N–H and O–H groups in total. The fourth-order valence-electron chi connectivity index (χ4n) is 2.38. The zero-order valence-corrected chi connectivity index (χ0v) is 12.6. The molecule has 0 spiro atoms. The molecular weight excluding hydrogens is 286 g/mol. The molecule has 0 aliphatic heterocycles. The van der Waals surface area contributed by atoms with Gasteiger partial charge in [0.15, 0.2) is 0 Å². The second-order valence-corrected chi connectivity index (χ2v) is 5.49. The summed E-state index contributed by atoms with van der Waals surface area (Å²) in [5.74, 6) is -0.686. The smallest absolute Gasteiger partial charge is 0.141 e. The molecule has 3 nitrogen and oxygen atoms in total. The number of aliphatic hydroxyl groups is 1. The zero-order valence-electron chi connectivity index (χ0n) is 12.6. The van der Waals surface area contributed by atoms with Gasteiger partial charge in [0.1, 0.15) is 11.6 Å². The van der Waals surface area contributed by atoms with Gasteiger partial charge in [-0.05, 0) is 50.1 Å². The third-order valence-electron chi connectivity index (χ3n) is 3.56. The van der Waals surface area contributed by atoms with E-state index in [1.54, 1.807) is 18.2 Å². The summed E-state index contributed by atoms with van der Waals surface area (Å²) in [5.41, 5.74) is 1.42. The largest absolute Gasteiger partial charge is 0.388 e. The summed E-state index contributed by atoms with van der Waals surface area (Å²) in [4.78, 5) is 4.04. The highest BCUT2D eigenvalue weighted by Gasteiger charge is 2.15. The lowest BCUT2D eigenvalue weighted by Gasteiger charge is -2.22. The van der Waals surface area contributed by atoms with E-state index in [1.807, 2.05) is 13.8 Å². The van der Waals surface area contributed by atoms with Crippen LogP contribution in [0.1, 0.15) is 43.7 Å². The number of rotatable bonds is 6. The van der Waals surface area contributed by atoms with Crippen LogP contribution < -0.4 is 5.32 Å². The minimum atomic E-state index is -0.670. The van der Waals surface area contributed by atoms with Gasteiger partial charge in [0.2, 0.25) is 0 Å². The predicted octanol–water partition coefficient (Wildman–Crippen LogP) is 3.52. The van der Waals surface area contributed by atoms with E-state index in [0.29, 0.717) is 12.0 Å². The van der Waals surface area contributed by atoms with Crippen molar-refractivity contribution in [3.05, 3.63) is 65.5 Å². The van der Waals surface area contributed by atoms with E-state index in [2.05, 4.69) is 10.3 Å². The summed E-state index contributed by atoms with van der Waals surface area (Å²) in [6, 6.07) is 8.80. The fraction of sp³-hybridized carbons (Fsp3) is 0.353. The minimum Gasteiger partial charge on any atom is -0.388 e. The number of nitrogens with zero attached hydrogens (tertiary/aromatic N) is 1. The summed E-state index contributed by atoms with van der Waals surface area (Å²) >= 11 is 0. The first-order valence-electron chi connectivity index (χ1n) is 7.26. The molecule has 2 aromatic rings. The van der Waals surface area contributed by atoms with Crippen molar-refractivity contribution in [1.29, 1.82) is 0 Å². The van der Waals surface area contributed by atoms with Crippen molar-refractivity contribution < 1.29 is 13.9 Å². The third-order valence-corrected chi connectivity index (χ3v) is 3.56. The Balaban J connectivity index is 1.90. The Hall–Kier alpha value is -1.85. The normalized spacial score (nSPS) is 15.3. The van der Waals surface area contributed by atoms with E-state index in [9.17, 15) is 13.9 Å². The maximum atomic E-state index is 12.9. The molecule has 5 heteroatoms. The molecule has 0 saturated heterocycles. The molecule has 22 heavy (non-hydrogen) atoms. The topological polar surface area (TPSA) is 45.1 Å². The summed E-state index contributed by atoms with van der Waals surface area (Å²) in [7, 11) is 0. The quantitative estimate of drug-likeness (QED) is 0.858. The highest BCUT2D eigenvalue weighted by molar-refractivity contribution is 5.18. The molecule has 3 unspecified atom stereocenters. The Morgan fingerprint density at radius 3 is 2.27 bits per heavy atom. The molecule has 0 amide bonds. The summed E-state index contributed by atoms with van der Waals surface area (Å²) in [5, 5.41) is 13.5. The van der Waals surface area contributed by atoms with Crippen molar-refractivity contribution in [2.24, 2.45) is 0 Å². The average molecular weight is 306 g/mol. The van der Waals surface area contributed by atoms with Crippen LogP contribution in [0.4, 0.5) is 8.78 Å². The number of nitrogens with one attached hydrogen (secondary N) is 1. The number of benzene rings is 1. The van der Waals surface area contributed by atoms with Gasteiger partial charge >= 0.3 is 0 Å². The van der Waals surface area contributed by atoms with Gasteiger partial charge in [-0.2, -0.15) is 0 Å². The van der Waals surface area contributed by atoms with E-state index in [4.69, 9.17) is 0 Å². The molecule has 2 rings (SSSR count). The molecule has 1 heterocycles. The Kier molecular flexibility index (Phi) is 5.57. The third kappa shape index (κ3) is 4.58. The van der Waals surface area contributed by atoms with Crippen LogP contribution in [0.3, 0.4) is 0 Å². The van der Waals surface area contributed by atoms with Gasteiger partial charge in [0.25, 0.3) is 0 Å². The first-order valence-corrected chi connectivity index (χ1v) is 7.26. The molecule has 3 atom stereocenters. The monoisotopic (exact) mass is 306 g/mol. The SMILES string of the molecule is CC(CC(O)c1ccc(F)cc1)NC(C)c1ccc(F)cn1. The Morgan fingerprint density at radius 1 is 1.05 bits per heavy atom. The molecule has 0 bridgehead atoms. The number of halogens is 2. The van der Waals surface area contributed by atoms with E-state index in [0.717, 1.165) is 5.69 Å². The van der Waals surface area contributed by atoms with Crippen molar-refractivity contribution in [3.8, 4) is 0 Å². The number of aromatic nitrogens is 1. The second kappa shape index (κ2) is 7.42. The number of aliphatic hydroxyl groups excluding tert-OH is 1. The van der Waals surface area contributed by atoms with E-state index in [1.165, 1.54) is 24.4 Å². The fourth-order valence-corrected chi connectivity index (χ4v) is 2.38. The highest BCUT2D eigenvalue weighted by atomic mass is 19.1. The predicted molar refractivity (Wildman–Crippen MR) is 81.2 cm³/mol. The maximum Gasteiger partial charge on any atom is 0.141 e. The van der Waals surface area contributed by atoms with Crippen LogP contribution in [0.25, 0.3) is 0 Å². The number of pyridine rings is 1. The van der Waals surface area contributed by atoms with Crippen molar-refractivity contribution in [2.75, 3.05) is 0 Å². The number of hydrogen-bond acceptors (Lipinski definition) is 3. The summed E-state index contributed by atoms with van der Waals surface area (Å²) < 4.78 is 25.7. The van der Waals surface area contributed by atoms with Crippen LogP contribution in [0, 0.1) is 11.6 Å². The lowest BCUT2D eigenvalue weighted by molar-refractivity contribution is 0.151. The highest BCUT2D eigenvalue weighted by Crippen LogP contribution is 2.20. The van der Waals surface area contributed by atoms with Crippen LogP contribution >= 0.6 is 0 Å². The van der Waals surface area contributed by atoms with Gasteiger partial charge < -0.3 is 10.4 Å². The Labute approximate surface area is 129 Å². The molecule has 1 aromatic heterocycles. The van der Waals surface area contributed by atoms with Gasteiger partial charge in [0.05, 0.1) is 18.0 Å². The van der Waals surface area contributed by atoms with Crippen molar-refractivity contribution in [1.82, 2.24) is 10.3 Å². The molecule has 118 valence electrons. The average Bonchev–Trinajstić information content (AvgIpc) is 2.48. The van der Waals surface area contributed by atoms with Crippen LogP contribution in [-0.4, -0.2) is 16.1 Å². The van der Waals surface area contributed by atoms with Crippen LogP contribution in [-0.2, 0) is 0 Å². The van der Waals surface area contributed by atoms with Gasteiger partial charge in [-0.15, -0.1) is 0 Å². The van der Waals surface area contributed by atoms with Gasteiger partial charge in [-0.25, -0.2) is 8.78 Å². The van der Waals surface area contributed by atoms with Crippen LogP contribution in [0.5, 0.6) is 0 Å². The Bertz CT molecular complexity index is 533. The Morgan fingerprint density at radius 2 is 1.68 bits per heavy atom. The van der Waals surface area contributed by atoms with E-state index in [-0.39, 0.29) is 23.7 Å². The molecular formula is C17H20F2N2O. The summed E-state index contributed by atoms with van der Waals surface area (Å²) in [6.45, 7) is 3.88. The lowest BCUT2D eigenvalue weighted by Crippen LogP contribution is -2.31. The van der Waals surface area contributed by atoms with Crippen molar-refractivity contribution >= 4 is 0 Å².